The topological polar surface area (TPSA) is 24.5 Å². The average Bonchev–Trinajstić information content (AvgIpc) is 3.01. The van der Waals surface area contributed by atoms with E-state index < -0.39 is 0 Å². The standard InChI is InChI=1S/C18H16N2O/c1-3-7-16(8-4-1)11-12-18-15-20(19-21-18)14-13-17-9-5-2-6-10-17/h1-15,19H. The zero-order valence-corrected chi connectivity index (χ0v) is 11.5. The molecular formula is C18H16N2O. The largest absolute Gasteiger partial charge is 0.387 e. The predicted octanol–water partition coefficient (Wildman–Crippen LogP) is 3.96. The van der Waals surface area contributed by atoms with Crippen LogP contribution in [0, 0.1) is 0 Å². The Morgan fingerprint density at radius 2 is 1.38 bits per heavy atom. The molecule has 1 aliphatic rings. The second kappa shape index (κ2) is 6.59. The van der Waals surface area contributed by atoms with Gasteiger partial charge in [-0.05, 0) is 23.3 Å². The van der Waals surface area contributed by atoms with Crippen LogP contribution in [0.25, 0.3) is 12.2 Å². The molecule has 21 heavy (non-hydrogen) atoms. The summed E-state index contributed by atoms with van der Waals surface area (Å²) in [5.41, 5.74) is 5.09. The minimum atomic E-state index is 0.761. The number of hydrogen-bond acceptors (Lipinski definition) is 3. The van der Waals surface area contributed by atoms with Crippen molar-refractivity contribution in [3.8, 4) is 0 Å². The molecule has 2 aromatic carbocycles. The molecule has 1 aliphatic heterocycles. The minimum absolute atomic E-state index is 0.761. The van der Waals surface area contributed by atoms with Gasteiger partial charge in [-0.2, -0.15) is 0 Å². The molecule has 3 heteroatoms. The monoisotopic (exact) mass is 276 g/mol. The first-order chi connectivity index (χ1) is 10.4. The van der Waals surface area contributed by atoms with Gasteiger partial charge in [-0.25, -0.2) is 0 Å². The summed E-state index contributed by atoms with van der Waals surface area (Å²) in [5, 5.41) is 1.78. The smallest absolute Gasteiger partial charge is 0.167 e. The Morgan fingerprint density at radius 3 is 2.05 bits per heavy atom. The molecule has 0 amide bonds. The van der Waals surface area contributed by atoms with Crippen molar-refractivity contribution in [1.29, 1.82) is 0 Å². The van der Waals surface area contributed by atoms with Crippen molar-refractivity contribution < 1.29 is 4.84 Å². The Balaban J connectivity index is 1.62. The number of allylic oxidation sites excluding steroid dienone is 1. The van der Waals surface area contributed by atoms with Crippen LogP contribution in [0.2, 0.25) is 0 Å². The maximum absolute atomic E-state index is 5.37. The van der Waals surface area contributed by atoms with Crippen LogP contribution in [0.15, 0.2) is 84.9 Å². The fraction of sp³-hybridized carbons (Fsp3) is 0. The highest BCUT2D eigenvalue weighted by molar-refractivity contribution is 5.52. The minimum Gasteiger partial charge on any atom is -0.387 e. The van der Waals surface area contributed by atoms with E-state index in [0.29, 0.717) is 0 Å². The first-order valence-corrected chi connectivity index (χ1v) is 6.79. The van der Waals surface area contributed by atoms with Crippen LogP contribution < -0.4 is 5.59 Å². The molecule has 0 aromatic heterocycles. The van der Waals surface area contributed by atoms with Gasteiger partial charge in [0.1, 0.15) is 0 Å². The first kappa shape index (κ1) is 13.2. The number of benzene rings is 2. The second-order valence-electron chi connectivity index (χ2n) is 4.60. The maximum atomic E-state index is 5.37. The zero-order chi connectivity index (χ0) is 14.3. The van der Waals surface area contributed by atoms with E-state index in [1.54, 1.807) is 5.01 Å². The number of hydrazine groups is 1. The summed E-state index contributed by atoms with van der Waals surface area (Å²) in [6.07, 6.45) is 9.75. The van der Waals surface area contributed by atoms with Crippen molar-refractivity contribution in [2.24, 2.45) is 0 Å². The molecule has 0 aliphatic carbocycles. The highest BCUT2D eigenvalue weighted by atomic mass is 16.7. The van der Waals surface area contributed by atoms with E-state index in [1.165, 1.54) is 0 Å². The van der Waals surface area contributed by atoms with Gasteiger partial charge < -0.3 is 4.84 Å². The lowest BCUT2D eigenvalue weighted by molar-refractivity contribution is 0.0533. The summed E-state index contributed by atoms with van der Waals surface area (Å²) in [5.74, 6) is 0.761. The van der Waals surface area contributed by atoms with Gasteiger partial charge in [-0.3, -0.25) is 5.01 Å². The molecule has 1 N–H and O–H groups in total. The summed E-state index contributed by atoms with van der Waals surface area (Å²) in [4.78, 5) is 5.37. The van der Waals surface area contributed by atoms with Gasteiger partial charge in [-0.15, -0.1) is 0 Å². The lowest BCUT2D eigenvalue weighted by Crippen LogP contribution is -2.21. The molecule has 0 atom stereocenters. The number of nitrogens with one attached hydrogen (secondary N) is 1. The van der Waals surface area contributed by atoms with E-state index in [2.05, 4.69) is 5.59 Å². The SMILES string of the molecule is C(=Cc1ccccc1)C1=CN(C=Cc2ccccc2)NO1. The normalized spacial score (nSPS) is 14.7. The Hall–Kier alpha value is -2.78. The lowest BCUT2D eigenvalue weighted by atomic mass is 10.2. The predicted molar refractivity (Wildman–Crippen MR) is 85.1 cm³/mol. The molecule has 0 unspecified atom stereocenters. The van der Waals surface area contributed by atoms with E-state index in [1.807, 2.05) is 91.3 Å². The van der Waals surface area contributed by atoms with Crippen molar-refractivity contribution in [3.63, 3.8) is 0 Å². The Kier molecular flexibility index (Phi) is 4.15. The van der Waals surface area contributed by atoms with Crippen LogP contribution in [0.1, 0.15) is 11.1 Å². The summed E-state index contributed by atoms with van der Waals surface area (Å²) < 4.78 is 0. The van der Waals surface area contributed by atoms with Crippen molar-refractivity contribution in [3.05, 3.63) is 96.0 Å². The first-order valence-electron chi connectivity index (χ1n) is 6.79. The van der Waals surface area contributed by atoms with Crippen molar-refractivity contribution in [1.82, 2.24) is 10.6 Å². The molecule has 3 nitrogen and oxygen atoms in total. The van der Waals surface area contributed by atoms with Crippen molar-refractivity contribution >= 4 is 12.2 Å². The second-order valence-corrected chi connectivity index (χ2v) is 4.60. The van der Waals surface area contributed by atoms with Crippen molar-refractivity contribution in [2.75, 3.05) is 0 Å². The van der Waals surface area contributed by atoms with E-state index in [0.717, 1.165) is 16.9 Å². The Bertz CT molecular complexity index is 660. The molecule has 104 valence electrons. The van der Waals surface area contributed by atoms with E-state index >= 15 is 0 Å². The lowest BCUT2D eigenvalue weighted by Gasteiger charge is -2.06. The van der Waals surface area contributed by atoms with E-state index in [9.17, 15) is 0 Å². The average molecular weight is 276 g/mol. The van der Waals surface area contributed by atoms with Gasteiger partial charge in [0.25, 0.3) is 0 Å². The maximum Gasteiger partial charge on any atom is 0.167 e. The van der Waals surface area contributed by atoms with Gasteiger partial charge in [0.05, 0.1) is 6.20 Å². The van der Waals surface area contributed by atoms with E-state index in [-0.39, 0.29) is 0 Å². The van der Waals surface area contributed by atoms with Gasteiger partial charge in [0.15, 0.2) is 5.76 Å². The van der Waals surface area contributed by atoms with E-state index in [4.69, 9.17) is 4.84 Å². The van der Waals surface area contributed by atoms with Crippen LogP contribution in [-0.4, -0.2) is 5.01 Å². The molecule has 0 radical (unpaired) electrons. The Labute approximate surface area is 124 Å². The fourth-order valence-corrected chi connectivity index (χ4v) is 1.92. The highest BCUT2D eigenvalue weighted by Crippen LogP contribution is 2.12. The third-order valence-electron chi connectivity index (χ3n) is 3.00. The summed E-state index contributed by atoms with van der Waals surface area (Å²) >= 11 is 0. The van der Waals surface area contributed by atoms with Gasteiger partial charge in [-0.1, -0.05) is 72.3 Å². The third-order valence-corrected chi connectivity index (χ3v) is 3.00. The number of hydrogen-bond donors (Lipinski definition) is 1. The van der Waals surface area contributed by atoms with Crippen LogP contribution >= 0.6 is 0 Å². The molecule has 0 saturated carbocycles. The molecule has 0 bridgehead atoms. The number of nitrogens with zero attached hydrogens (tertiary/aromatic N) is 1. The zero-order valence-electron chi connectivity index (χ0n) is 11.5. The van der Waals surface area contributed by atoms with Crippen LogP contribution in [0.3, 0.4) is 0 Å². The molecule has 1 heterocycles. The van der Waals surface area contributed by atoms with Crippen LogP contribution in [0.4, 0.5) is 0 Å². The fourth-order valence-electron chi connectivity index (χ4n) is 1.92. The highest BCUT2D eigenvalue weighted by Gasteiger charge is 2.07. The molecule has 0 fully saturated rings. The van der Waals surface area contributed by atoms with Crippen molar-refractivity contribution in [2.45, 2.75) is 0 Å². The Morgan fingerprint density at radius 1 is 0.762 bits per heavy atom. The molecule has 3 rings (SSSR count). The van der Waals surface area contributed by atoms with Crippen LogP contribution in [0.5, 0.6) is 0 Å². The number of rotatable bonds is 4. The molecule has 0 spiro atoms. The summed E-state index contributed by atoms with van der Waals surface area (Å²) in [7, 11) is 0. The van der Waals surface area contributed by atoms with Crippen LogP contribution in [-0.2, 0) is 4.84 Å². The summed E-state index contributed by atoms with van der Waals surface area (Å²) in [6.45, 7) is 0. The third kappa shape index (κ3) is 3.84. The quantitative estimate of drug-likeness (QED) is 0.914. The van der Waals surface area contributed by atoms with Gasteiger partial charge in [0, 0.05) is 6.20 Å². The molecule has 0 saturated heterocycles. The molecular weight excluding hydrogens is 260 g/mol. The van der Waals surface area contributed by atoms with Gasteiger partial charge >= 0.3 is 0 Å². The summed E-state index contributed by atoms with van der Waals surface area (Å²) in [6, 6.07) is 20.2. The van der Waals surface area contributed by atoms with Gasteiger partial charge in [0.2, 0.25) is 0 Å². The molecule has 2 aromatic rings.